The molecule has 4 nitrogen and oxygen atoms in total. The zero-order valence-electron chi connectivity index (χ0n) is 10.6. The maximum atomic E-state index is 11.0. The van der Waals surface area contributed by atoms with Gasteiger partial charge >= 0.3 is 33.3 Å². The molecule has 1 unspecified atom stereocenters. The Morgan fingerprint density at radius 2 is 1.94 bits per heavy atom. The van der Waals surface area contributed by atoms with E-state index in [2.05, 4.69) is 6.92 Å². The first-order valence-corrected chi connectivity index (χ1v) is 5.65. The molecule has 0 N–H and O–H groups in total. The summed E-state index contributed by atoms with van der Waals surface area (Å²) in [5.74, 6) is -1.66. The summed E-state index contributed by atoms with van der Waals surface area (Å²) in [6.07, 6.45) is 5.78. The van der Waals surface area contributed by atoms with Gasteiger partial charge in [0.15, 0.2) is 0 Å². The van der Waals surface area contributed by atoms with Gasteiger partial charge in [0.25, 0.3) is 0 Å². The fourth-order valence-electron chi connectivity index (χ4n) is 1.28. The first-order chi connectivity index (χ1) is 7.60. The van der Waals surface area contributed by atoms with Gasteiger partial charge in [-0.1, -0.05) is 33.1 Å². The fourth-order valence-corrected chi connectivity index (χ4v) is 1.28. The predicted molar refractivity (Wildman–Crippen MR) is 58.4 cm³/mol. The number of rotatable bonds is 8. The van der Waals surface area contributed by atoms with E-state index in [0.29, 0.717) is 18.6 Å². The minimum atomic E-state index is -1.39. The normalized spacial score (nSPS) is 11.9. The fraction of sp³-hybridized carbons (Fsp3) is 0.667. The molecule has 1 radical (unpaired) electrons. The molecule has 0 aromatic rings. The third-order valence-electron chi connectivity index (χ3n) is 2.36. The van der Waals surface area contributed by atoms with Crippen molar-refractivity contribution < 1.29 is 46.7 Å². The van der Waals surface area contributed by atoms with Gasteiger partial charge in [-0.3, -0.25) is 0 Å². The van der Waals surface area contributed by atoms with E-state index < -0.39 is 11.9 Å². The zero-order valence-corrected chi connectivity index (χ0v) is 14.6. The molecule has 1 atom stereocenters. The summed E-state index contributed by atoms with van der Waals surface area (Å²) in [6, 6.07) is 0. The molecule has 0 aliphatic carbocycles. The Morgan fingerprint density at radius 3 is 2.41 bits per heavy atom. The quantitative estimate of drug-likeness (QED) is 0.377. The van der Waals surface area contributed by atoms with Crippen LogP contribution in [0.5, 0.6) is 0 Å². The molecule has 0 fully saturated rings. The van der Waals surface area contributed by atoms with Gasteiger partial charge in [-0.2, -0.15) is 0 Å². The average molecular weight is 340 g/mol. The number of carboxylic acids is 1. The van der Waals surface area contributed by atoms with Gasteiger partial charge < -0.3 is 14.6 Å². The number of unbranched alkanes of at least 4 members (excludes halogenated alkanes) is 1. The van der Waals surface area contributed by atoms with E-state index in [-0.39, 0.29) is 27.3 Å². The Hall–Kier alpha value is -0.398. The SMILES string of the molecule is CCCCC(CC)COC(=O)C=CC(=O)[O-].[Cd+]. The molecule has 0 rings (SSSR count). The summed E-state index contributed by atoms with van der Waals surface area (Å²) >= 11 is 0. The molecule has 0 bridgehead atoms. The van der Waals surface area contributed by atoms with Crippen LogP contribution in [-0.2, 0) is 41.6 Å². The Labute approximate surface area is 123 Å². The van der Waals surface area contributed by atoms with Gasteiger partial charge in [-0.05, 0) is 18.4 Å². The summed E-state index contributed by atoms with van der Waals surface area (Å²) < 4.78 is 4.93. The van der Waals surface area contributed by atoms with E-state index >= 15 is 0 Å². The molecule has 93 valence electrons. The molecule has 5 heteroatoms. The second-order valence-electron chi connectivity index (χ2n) is 3.70. The number of carbonyl (C=O) groups is 2. The van der Waals surface area contributed by atoms with Crippen molar-refractivity contribution >= 4 is 11.9 Å². The minimum absolute atomic E-state index is 0. The Balaban J connectivity index is 0. The van der Waals surface area contributed by atoms with Crippen LogP contribution in [-0.4, -0.2) is 18.5 Å². The van der Waals surface area contributed by atoms with Gasteiger partial charge in [-0.25, -0.2) is 4.79 Å². The van der Waals surface area contributed by atoms with Crippen LogP contribution in [0.25, 0.3) is 0 Å². The van der Waals surface area contributed by atoms with Crippen LogP contribution in [0, 0.1) is 5.92 Å². The van der Waals surface area contributed by atoms with Crippen molar-refractivity contribution in [3.63, 3.8) is 0 Å². The number of aliphatic carboxylic acids is 1. The maximum Gasteiger partial charge on any atom is 1.00 e. The zero-order chi connectivity index (χ0) is 12.4. The number of carboxylic acid groups (broad SMARTS) is 1. The van der Waals surface area contributed by atoms with Crippen LogP contribution in [0.4, 0.5) is 0 Å². The second kappa shape index (κ2) is 12.1. The third-order valence-corrected chi connectivity index (χ3v) is 2.36. The molecule has 0 aromatic heterocycles. The molecule has 0 spiro atoms. The molecule has 0 aliphatic rings. The standard InChI is InChI=1S/C12H20O4.Cd/c1-3-5-6-10(4-2)9-16-12(15)8-7-11(13)14;/h7-8,10H,3-6,9H2,1-2H3,(H,13,14);/q;+1/p-1. The number of esters is 1. The van der Waals surface area contributed by atoms with Crippen LogP contribution in [0.15, 0.2) is 12.2 Å². The van der Waals surface area contributed by atoms with E-state index in [1.165, 1.54) is 0 Å². The Bertz CT molecular complexity index is 251. The number of hydrogen-bond acceptors (Lipinski definition) is 4. The molecule has 0 amide bonds. The predicted octanol–water partition coefficient (Wildman–Crippen LogP) is 1.05. The van der Waals surface area contributed by atoms with Gasteiger partial charge in [0.1, 0.15) is 0 Å². The first-order valence-electron chi connectivity index (χ1n) is 5.65. The van der Waals surface area contributed by atoms with Crippen LogP contribution >= 0.6 is 0 Å². The van der Waals surface area contributed by atoms with Crippen molar-refractivity contribution in [1.29, 1.82) is 0 Å². The van der Waals surface area contributed by atoms with Crippen LogP contribution in [0.2, 0.25) is 0 Å². The van der Waals surface area contributed by atoms with E-state index in [1.807, 2.05) is 6.92 Å². The van der Waals surface area contributed by atoms with Gasteiger partial charge in [0.05, 0.1) is 12.6 Å². The monoisotopic (exact) mass is 341 g/mol. The first kappa shape index (κ1) is 19.0. The molecule has 0 aliphatic heterocycles. The number of hydrogen-bond donors (Lipinski definition) is 0. The van der Waals surface area contributed by atoms with Crippen molar-refractivity contribution in [3.8, 4) is 0 Å². The Kier molecular flexibility index (Phi) is 13.5. The molecular formula is C12H19CdO4. The number of carbonyl (C=O) groups excluding carboxylic acids is 2. The number of ether oxygens (including phenoxy) is 1. The van der Waals surface area contributed by atoms with Gasteiger partial charge in [0, 0.05) is 6.08 Å². The molecule has 0 saturated heterocycles. The van der Waals surface area contributed by atoms with Crippen molar-refractivity contribution in [2.45, 2.75) is 39.5 Å². The van der Waals surface area contributed by atoms with Crippen molar-refractivity contribution in [2.24, 2.45) is 5.92 Å². The van der Waals surface area contributed by atoms with Gasteiger partial charge in [0.2, 0.25) is 0 Å². The van der Waals surface area contributed by atoms with Gasteiger partial charge in [-0.15, -0.1) is 0 Å². The largest absolute Gasteiger partial charge is 1.00 e. The van der Waals surface area contributed by atoms with Crippen LogP contribution < -0.4 is 5.11 Å². The smallest absolute Gasteiger partial charge is 0.545 e. The minimum Gasteiger partial charge on any atom is -0.545 e. The second-order valence-corrected chi connectivity index (χ2v) is 3.70. The summed E-state index contributed by atoms with van der Waals surface area (Å²) in [5, 5.41) is 10.0. The van der Waals surface area contributed by atoms with Crippen molar-refractivity contribution in [1.82, 2.24) is 0 Å². The van der Waals surface area contributed by atoms with E-state index in [4.69, 9.17) is 4.74 Å². The molecule has 0 saturated carbocycles. The Morgan fingerprint density at radius 1 is 1.29 bits per heavy atom. The summed E-state index contributed by atoms with van der Waals surface area (Å²) in [6.45, 7) is 4.51. The summed E-state index contributed by atoms with van der Waals surface area (Å²) in [7, 11) is 0. The average Bonchev–Trinajstić information content (AvgIpc) is 2.26. The summed E-state index contributed by atoms with van der Waals surface area (Å²) in [5.41, 5.74) is 0. The molecule has 0 heterocycles. The molecular weight excluding hydrogens is 321 g/mol. The van der Waals surface area contributed by atoms with Crippen LogP contribution in [0.3, 0.4) is 0 Å². The molecule has 0 aromatic carbocycles. The van der Waals surface area contributed by atoms with Crippen molar-refractivity contribution in [3.05, 3.63) is 12.2 Å². The van der Waals surface area contributed by atoms with E-state index in [0.717, 1.165) is 31.8 Å². The summed E-state index contributed by atoms with van der Waals surface area (Å²) in [4.78, 5) is 21.1. The van der Waals surface area contributed by atoms with E-state index in [9.17, 15) is 14.7 Å². The third kappa shape index (κ3) is 11.9. The topological polar surface area (TPSA) is 66.4 Å². The van der Waals surface area contributed by atoms with Crippen molar-refractivity contribution in [2.75, 3.05) is 6.61 Å². The van der Waals surface area contributed by atoms with E-state index in [1.54, 1.807) is 0 Å². The maximum absolute atomic E-state index is 11.0. The van der Waals surface area contributed by atoms with Crippen LogP contribution in [0.1, 0.15) is 39.5 Å². The molecule has 17 heavy (non-hydrogen) atoms.